The highest BCUT2D eigenvalue weighted by Crippen LogP contribution is 2.53. The highest BCUT2D eigenvalue weighted by molar-refractivity contribution is 5.88. The van der Waals surface area contributed by atoms with Crippen LogP contribution in [0.3, 0.4) is 0 Å². The number of aromatic nitrogens is 4. The van der Waals surface area contributed by atoms with Crippen molar-refractivity contribution in [2.75, 3.05) is 34.1 Å². The number of amides is 4. The Hall–Kier alpha value is -6.06. The summed E-state index contributed by atoms with van der Waals surface area (Å²) in [4.78, 5) is 72.2. The monoisotopic (exact) mass is 808 g/mol. The van der Waals surface area contributed by atoms with Crippen LogP contribution in [0, 0.1) is 17.8 Å². The first-order chi connectivity index (χ1) is 28.4. The summed E-state index contributed by atoms with van der Waals surface area (Å²) in [5, 5.41) is 5.44. The zero-order chi connectivity index (χ0) is 41.6. The van der Waals surface area contributed by atoms with Gasteiger partial charge in [0.25, 0.3) is 0 Å². The van der Waals surface area contributed by atoms with Crippen molar-refractivity contribution in [1.29, 1.82) is 0 Å². The minimum absolute atomic E-state index is 0.0692. The summed E-state index contributed by atoms with van der Waals surface area (Å²) in [6.45, 7) is 8.87. The Bertz CT molecular complexity index is 2230. The maximum absolute atomic E-state index is 14.0. The van der Waals surface area contributed by atoms with Gasteiger partial charge in [-0.15, -0.1) is 0 Å². The van der Waals surface area contributed by atoms with Crippen LogP contribution in [0.1, 0.15) is 77.5 Å². The van der Waals surface area contributed by atoms with Crippen molar-refractivity contribution in [3.8, 4) is 45.1 Å². The number of methoxy groups -OCH3 is 2. The van der Waals surface area contributed by atoms with Gasteiger partial charge in [0.1, 0.15) is 29.3 Å². The first-order valence-corrected chi connectivity index (χ1v) is 20.4. The fraction of sp³-hybridized carbons (Fsp3) is 0.488. The lowest BCUT2D eigenvalue weighted by molar-refractivity contribution is -0.140. The van der Waals surface area contributed by atoms with E-state index < -0.39 is 29.8 Å². The molecule has 3 aliphatic heterocycles. The Morgan fingerprint density at radius 1 is 0.797 bits per heavy atom. The Balaban J connectivity index is 1.00. The molecule has 312 valence electrons. The van der Waals surface area contributed by atoms with E-state index in [2.05, 4.69) is 20.6 Å². The fourth-order valence-electron chi connectivity index (χ4n) is 9.26. The van der Waals surface area contributed by atoms with Gasteiger partial charge < -0.3 is 49.3 Å². The molecule has 2 saturated heterocycles. The van der Waals surface area contributed by atoms with E-state index >= 15 is 0 Å². The predicted octanol–water partition coefficient (Wildman–Crippen LogP) is 6.12. The number of rotatable bonds is 11. The van der Waals surface area contributed by atoms with E-state index in [1.807, 2.05) is 81.4 Å². The highest BCUT2D eigenvalue weighted by atomic mass is 16.7. The van der Waals surface area contributed by atoms with Gasteiger partial charge in [-0.05, 0) is 67.6 Å². The Kier molecular flexibility index (Phi) is 10.7. The number of hydrogen-bond acceptors (Lipinski definition) is 10. The summed E-state index contributed by atoms with van der Waals surface area (Å²) in [6, 6.07) is 10.4. The van der Waals surface area contributed by atoms with E-state index in [1.54, 1.807) is 4.90 Å². The second kappa shape index (κ2) is 15.9. The summed E-state index contributed by atoms with van der Waals surface area (Å²) in [6.07, 6.45) is 6.61. The number of ether oxygens (including phenoxy) is 4. The molecule has 4 aliphatic rings. The summed E-state index contributed by atoms with van der Waals surface area (Å²) >= 11 is 0. The van der Waals surface area contributed by atoms with Crippen LogP contribution in [0.15, 0.2) is 48.8 Å². The number of fused-ring (bicyclic) bond motifs is 3. The average Bonchev–Trinajstić information content (AvgIpc) is 4.10. The molecule has 0 radical (unpaired) electrons. The van der Waals surface area contributed by atoms with Crippen LogP contribution in [0.25, 0.3) is 33.6 Å². The number of H-pyrrole nitrogens is 2. The number of hydrogen-bond donors (Lipinski definition) is 4. The molecule has 5 heterocycles. The largest absolute Gasteiger partial charge is 0.453 e. The van der Waals surface area contributed by atoms with Gasteiger partial charge >= 0.3 is 12.2 Å². The molecule has 59 heavy (non-hydrogen) atoms. The van der Waals surface area contributed by atoms with Crippen molar-refractivity contribution in [1.82, 2.24) is 40.4 Å². The van der Waals surface area contributed by atoms with Gasteiger partial charge in [-0.3, -0.25) is 9.59 Å². The number of likely N-dealkylation sites (tertiary alicyclic amines) is 2. The molecule has 5 atom stereocenters. The molecule has 1 aliphatic carbocycles. The number of nitrogens with zero attached hydrogens (tertiary/aromatic N) is 4. The maximum atomic E-state index is 14.0. The van der Waals surface area contributed by atoms with Crippen LogP contribution in [-0.4, -0.2) is 99.9 Å². The maximum Gasteiger partial charge on any atom is 0.407 e. The second-order valence-electron chi connectivity index (χ2n) is 16.6. The predicted molar refractivity (Wildman–Crippen MR) is 216 cm³/mol. The van der Waals surface area contributed by atoms with E-state index in [1.165, 1.54) is 14.2 Å². The number of alkyl carbamates (subject to hydrolysis) is 2. The summed E-state index contributed by atoms with van der Waals surface area (Å²) in [7, 11) is 2.58. The SMILES string of the molecule is COC(=O)N[C@H](C(=O)N1CCCC1c1nc(-c2ccc(-c3ccc(-c4c[nH]c(C56CCC(CN5C(=O)[C@@H](NC(=O)OC)C(C)C)C6)n4)c4c3OCO4)cc2)c[nH]1)C(C)C. The third-order valence-corrected chi connectivity index (χ3v) is 12.4. The van der Waals surface area contributed by atoms with Gasteiger partial charge in [0.15, 0.2) is 11.5 Å². The molecule has 2 aromatic carbocycles. The van der Waals surface area contributed by atoms with Crippen molar-refractivity contribution in [3.63, 3.8) is 0 Å². The molecule has 4 N–H and O–H groups in total. The summed E-state index contributed by atoms with van der Waals surface area (Å²) < 4.78 is 21.7. The van der Waals surface area contributed by atoms with Gasteiger partial charge in [0.2, 0.25) is 18.6 Å². The molecule has 3 fully saturated rings. The minimum Gasteiger partial charge on any atom is -0.453 e. The van der Waals surface area contributed by atoms with Gasteiger partial charge in [0.05, 0.1) is 31.6 Å². The van der Waals surface area contributed by atoms with Gasteiger partial charge in [-0.1, -0.05) is 52.0 Å². The zero-order valence-electron chi connectivity index (χ0n) is 34.3. The van der Waals surface area contributed by atoms with Crippen molar-refractivity contribution in [2.24, 2.45) is 17.8 Å². The fourth-order valence-corrected chi connectivity index (χ4v) is 9.26. The van der Waals surface area contributed by atoms with Crippen molar-refractivity contribution in [2.45, 2.75) is 83.5 Å². The molecule has 4 aromatic rings. The third kappa shape index (κ3) is 7.22. The summed E-state index contributed by atoms with van der Waals surface area (Å²) in [5.74, 6) is 2.46. The molecule has 16 nitrogen and oxygen atoms in total. The Labute approximate surface area is 342 Å². The third-order valence-electron chi connectivity index (χ3n) is 12.4. The molecule has 2 bridgehead atoms. The smallest absolute Gasteiger partial charge is 0.407 e. The molecular weight excluding hydrogens is 757 g/mol. The molecule has 1 saturated carbocycles. The number of benzene rings is 2. The van der Waals surface area contributed by atoms with Crippen molar-refractivity contribution >= 4 is 24.0 Å². The minimum atomic E-state index is -0.720. The number of imidazole rings is 2. The number of piperidine rings is 1. The van der Waals surface area contributed by atoms with Crippen LogP contribution in [0.4, 0.5) is 9.59 Å². The van der Waals surface area contributed by atoms with E-state index in [-0.39, 0.29) is 36.5 Å². The molecule has 8 rings (SSSR count). The average molecular weight is 809 g/mol. The topological polar surface area (TPSA) is 193 Å². The molecule has 3 unspecified atom stereocenters. The van der Waals surface area contributed by atoms with Crippen LogP contribution >= 0.6 is 0 Å². The number of aromatic amines is 2. The van der Waals surface area contributed by atoms with E-state index in [4.69, 9.17) is 28.9 Å². The Morgan fingerprint density at radius 3 is 2.08 bits per heavy atom. The van der Waals surface area contributed by atoms with Crippen LogP contribution in [0.2, 0.25) is 0 Å². The number of carbonyl (C=O) groups excluding carboxylic acids is 4. The lowest BCUT2D eigenvalue weighted by Gasteiger charge is -2.40. The van der Waals surface area contributed by atoms with Crippen LogP contribution < -0.4 is 20.1 Å². The standard InChI is InChI=1S/C43H52N8O8/c1-23(2)33(48-41(54)56-5)38(52)50-17-7-8-32(50)37-44-19-30(46-37)27-11-9-26(10-12-27)28-13-14-29(36-35(28)58-22-59-36)31-20-45-40(47-31)43-16-15-25(18-43)21-51(43)39(53)34(24(3)4)49-42(55)57-6/h9-14,19-20,23-25,32-34H,7-8,15-18,21-22H2,1-6H3,(H,44,46)(H,45,47)(H,48,54)(H,49,55)/t25?,32?,33-,34-,43?/m0/s1. The zero-order valence-corrected chi connectivity index (χ0v) is 34.3. The quantitative estimate of drug-likeness (QED) is 0.137. The van der Waals surface area contributed by atoms with Crippen LogP contribution in [-0.2, 0) is 24.6 Å². The Morgan fingerprint density at radius 2 is 1.42 bits per heavy atom. The van der Waals surface area contributed by atoms with E-state index in [0.29, 0.717) is 42.0 Å². The van der Waals surface area contributed by atoms with E-state index in [9.17, 15) is 19.2 Å². The molecule has 16 heteroatoms. The van der Waals surface area contributed by atoms with Gasteiger partial charge in [-0.25, -0.2) is 19.6 Å². The lowest BCUT2D eigenvalue weighted by Crippen LogP contribution is -2.56. The normalized spacial score (nSPS) is 21.6. The molecule has 0 spiro atoms. The number of carbonyl (C=O) groups is 4. The van der Waals surface area contributed by atoms with Crippen molar-refractivity contribution in [3.05, 3.63) is 60.4 Å². The molecular formula is C43H52N8O8. The molecule has 4 amide bonds. The van der Waals surface area contributed by atoms with Crippen molar-refractivity contribution < 1.29 is 38.1 Å². The first-order valence-electron chi connectivity index (χ1n) is 20.4. The first kappa shape index (κ1) is 39.8. The van der Waals surface area contributed by atoms with Crippen LogP contribution in [0.5, 0.6) is 11.5 Å². The highest BCUT2D eigenvalue weighted by Gasteiger charge is 2.56. The second-order valence-corrected chi connectivity index (χ2v) is 16.6. The van der Waals surface area contributed by atoms with Gasteiger partial charge in [0, 0.05) is 42.2 Å². The lowest BCUT2D eigenvalue weighted by atomic mass is 9.93. The molecule has 2 aromatic heterocycles. The van der Waals surface area contributed by atoms with Gasteiger partial charge in [-0.2, -0.15) is 0 Å². The summed E-state index contributed by atoms with van der Waals surface area (Å²) in [5.41, 5.74) is 4.32. The van der Waals surface area contributed by atoms with E-state index in [0.717, 1.165) is 65.9 Å². The number of nitrogens with one attached hydrogen (secondary N) is 4.